The van der Waals surface area contributed by atoms with Crippen molar-refractivity contribution < 1.29 is 17.9 Å². The summed E-state index contributed by atoms with van der Waals surface area (Å²) < 4.78 is 41.3. The Kier molecular flexibility index (Phi) is 5.50. The highest BCUT2D eigenvalue weighted by atomic mass is 19.4. The Balaban J connectivity index is 1.66. The Morgan fingerprint density at radius 1 is 1.24 bits per heavy atom. The van der Waals surface area contributed by atoms with Gasteiger partial charge in [0.15, 0.2) is 0 Å². The first-order chi connectivity index (χ1) is 9.95. The van der Waals surface area contributed by atoms with Crippen molar-refractivity contribution in [2.75, 3.05) is 13.2 Å². The summed E-state index contributed by atoms with van der Waals surface area (Å²) in [5.41, 5.74) is -0.434. The summed E-state index contributed by atoms with van der Waals surface area (Å²) in [6.45, 7) is 0.583. The zero-order valence-electron chi connectivity index (χ0n) is 12.2. The van der Waals surface area contributed by atoms with Crippen molar-refractivity contribution in [3.8, 4) is 6.07 Å². The average molecular weight is 304 g/mol. The smallest absolute Gasteiger partial charge is 0.381 e. The van der Waals surface area contributed by atoms with Crippen molar-refractivity contribution in [2.45, 2.75) is 69.1 Å². The topological polar surface area (TPSA) is 45.0 Å². The van der Waals surface area contributed by atoms with Gasteiger partial charge < -0.3 is 4.74 Å². The zero-order chi connectivity index (χ0) is 15.3. The van der Waals surface area contributed by atoms with Crippen LogP contribution in [0.4, 0.5) is 13.2 Å². The summed E-state index contributed by atoms with van der Waals surface area (Å²) in [5, 5.41) is 13.0. The van der Waals surface area contributed by atoms with Crippen LogP contribution in [0.3, 0.4) is 0 Å². The number of nitriles is 1. The molecule has 3 nitrogen and oxygen atoms in total. The molecule has 0 spiro atoms. The Morgan fingerprint density at radius 3 is 2.62 bits per heavy atom. The lowest BCUT2D eigenvalue weighted by atomic mass is 9.86. The first kappa shape index (κ1) is 16.6. The molecule has 21 heavy (non-hydrogen) atoms. The second-order valence-electron chi connectivity index (χ2n) is 6.21. The fourth-order valence-corrected chi connectivity index (χ4v) is 3.13. The summed E-state index contributed by atoms with van der Waals surface area (Å²) in [6.07, 6.45) is 1.07. The number of nitrogens with zero attached hydrogens (tertiary/aromatic N) is 1. The molecule has 0 bridgehead atoms. The predicted molar refractivity (Wildman–Crippen MR) is 72.6 cm³/mol. The van der Waals surface area contributed by atoms with Crippen LogP contribution in [-0.4, -0.2) is 31.0 Å². The summed E-state index contributed by atoms with van der Waals surface area (Å²) >= 11 is 0. The van der Waals surface area contributed by atoms with Crippen LogP contribution in [0, 0.1) is 17.2 Å². The lowest BCUT2D eigenvalue weighted by Crippen LogP contribution is -2.48. The number of halogens is 3. The predicted octanol–water partition coefficient (Wildman–Crippen LogP) is 3.55. The average Bonchev–Trinajstić information content (AvgIpc) is 3.13. The quantitative estimate of drug-likeness (QED) is 0.698. The Labute approximate surface area is 123 Å². The second kappa shape index (κ2) is 6.97. The molecule has 2 atom stereocenters. The van der Waals surface area contributed by atoms with Crippen LogP contribution >= 0.6 is 0 Å². The van der Waals surface area contributed by atoms with E-state index in [0.29, 0.717) is 12.6 Å². The molecular formula is C15H23F3N2O. The number of ether oxygens (including phenoxy) is 1. The maximum atomic E-state index is 12.0. The fourth-order valence-electron chi connectivity index (χ4n) is 3.13. The number of hydrogen-bond donors (Lipinski definition) is 1. The Morgan fingerprint density at radius 2 is 2.00 bits per heavy atom. The minimum atomic E-state index is -4.10. The van der Waals surface area contributed by atoms with E-state index in [-0.39, 0.29) is 18.9 Å². The van der Waals surface area contributed by atoms with Gasteiger partial charge in [-0.2, -0.15) is 18.4 Å². The molecule has 2 saturated carbocycles. The van der Waals surface area contributed by atoms with Gasteiger partial charge in [-0.25, -0.2) is 0 Å². The van der Waals surface area contributed by atoms with Crippen molar-refractivity contribution in [2.24, 2.45) is 5.92 Å². The van der Waals surface area contributed by atoms with Crippen molar-refractivity contribution in [1.29, 1.82) is 5.26 Å². The van der Waals surface area contributed by atoms with Crippen molar-refractivity contribution >= 4 is 0 Å². The van der Waals surface area contributed by atoms with Gasteiger partial charge in [-0.15, -0.1) is 0 Å². The first-order valence-electron chi connectivity index (χ1n) is 7.79. The number of hydrogen-bond acceptors (Lipinski definition) is 3. The maximum Gasteiger partial charge on any atom is 0.389 e. The van der Waals surface area contributed by atoms with E-state index >= 15 is 0 Å². The monoisotopic (exact) mass is 304 g/mol. The summed E-state index contributed by atoms with van der Waals surface area (Å²) in [4.78, 5) is 0. The molecule has 0 aromatic heterocycles. The van der Waals surface area contributed by atoms with E-state index in [0.717, 1.165) is 38.5 Å². The van der Waals surface area contributed by atoms with E-state index in [9.17, 15) is 18.4 Å². The molecule has 2 aliphatic carbocycles. The van der Waals surface area contributed by atoms with Crippen LogP contribution in [0.25, 0.3) is 0 Å². The van der Waals surface area contributed by atoms with Gasteiger partial charge in [0.2, 0.25) is 0 Å². The molecule has 1 N–H and O–H groups in total. The van der Waals surface area contributed by atoms with Crippen LogP contribution in [0.1, 0.15) is 51.4 Å². The molecule has 0 heterocycles. The highest BCUT2D eigenvalue weighted by molar-refractivity contribution is 5.16. The van der Waals surface area contributed by atoms with E-state index < -0.39 is 18.1 Å². The third-order valence-corrected chi connectivity index (χ3v) is 4.42. The largest absolute Gasteiger partial charge is 0.389 e. The van der Waals surface area contributed by atoms with Gasteiger partial charge in [-0.3, -0.25) is 5.32 Å². The molecule has 6 heteroatoms. The number of nitrogens with one attached hydrogen (secondary N) is 1. The van der Waals surface area contributed by atoms with Crippen LogP contribution in [0.15, 0.2) is 0 Å². The number of rotatable bonds is 8. The molecule has 120 valence electrons. The third-order valence-electron chi connectivity index (χ3n) is 4.42. The number of alkyl halides is 3. The molecule has 2 rings (SSSR count). The normalized spacial score (nSPS) is 29.5. The molecule has 0 radical (unpaired) electrons. The molecule has 0 aromatic carbocycles. The van der Waals surface area contributed by atoms with Crippen LogP contribution in [0.2, 0.25) is 0 Å². The minimum Gasteiger partial charge on any atom is -0.381 e. The van der Waals surface area contributed by atoms with E-state index in [4.69, 9.17) is 4.74 Å². The molecule has 0 aliphatic heterocycles. The van der Waals surface area contributed by atoms with Crippen LogP contribution in [-0.2, 0) is 4.74 Å². The standard InChI is InChI=1S/C15H23F3N2O/c16-15(17,18)8-2-9-21-10-6-12-3-1-7-14(12,11-19)20-13-4-5-13/h12-13,20H,1-10H2. The molecule has 0 aromatic rings. The van der Waals surface area contributed by atoms with E-state index in [1.165, 1.54) is 0 Å². The second-order valence-corrected chi connectivity index (χ2v) is 6.21. The lowest BCUT2D eigenvalue weighted by Gasteiger charge is -2.30. The van der Waals surface area contributed by atoms with Gasteiger partial charge in [0, 0.05) is 25.7 Å². The van der Waals surface area contributed by atoms with Crippen molar-refractivity contribution in [3.63, 3.8) is 0 Å². The molecule has 2 fully saturated rings. The molecule has 0 amide bonds. The van der Waals surface area contributed by atoms with Gasteiger partial charge >= 0.3 is 6.18 Å². The van der Waals surface area contributed by atoms with Crippen molar-refractivity contribution in [3.05, 3.63) is 0 Å². The van der Waals surface area contributed by atoms with Crippen LogP contribution < -0.4 is 5.32 Å². The van der Waals surface area contributed by atoms with Gasteiger partial charge in [0.25, 0.3) is 0 Å². The highest BCUT2D eigenvalue weighted by Crippen LogP contribution is 2.40. The van der Waals surface area contributed by atoms with E-state index in [1.54, 1.807) is 0 Å². The van der Waals surface area contributed by atoms with Gasteiger partial charge in [0.1, 0.15) is 5.54 Å². The van der Waals surface area contributed by atoms with Crippen LogP contribution in [0.5, 0.6) is 0 Å². The summed E-state index contributed by atoms with van der Waals surface area (Å²) in [5.74, 6) is 0.255. The minimum absolute atomic E-state index is 0.0118. The zero-order valence-corrected chi connectivity index (χ0v) is 12.2. The van der Waals surface area contributed by atoms with Crippen molar-refractivity contribution in [1.82, 2.24) is 5.32 Å². The molecular weight excluding hydrogens is 281 g/mol. The summed E-state index contributed by atoms with van der Waals surface area (Å²) in [7, 11) is 0. The van der Waals surface area contributed by atoms with Gasteiger partial charge in [-0.05, 0) is 44.4 Å². The van der Waals surface area contributed by atoms with Gasteiger partial charge in [0.05, 0.1) is 6.07 Å². The molecule has 2 aliphatic rings. The fraction of sp³-hybridized carbons (Fsp3) is 0.933. The molecule has 0 saturated heterocycles. The lowest BCUT2D eigenvalue weighted by molar-refractivity contribution is -0.137. The Hall–Kier alpha value is -0.800. The third kappa shape index (κ3) is 5.15. The maximum absolute atomic E-state index is 12.0. The first-order valence-corrected chi connectivity index (χ1v) is 7.79. The van der Waals surface area contributed by atoms with E-state index in [1.807, 2.05) is 0 Å². The Bertz CT molecular complexity index is 376. The highest BCUT2D eigenvalue weighted by Gasteiger charge is 2.45. The van der Waals surface area contributed by atoms with Gasteiger partial charge in [-0.1, -0.05) is 6.42 Å². The SMILES string of the molecule is N#CC1(NC2CC2)CCCC1CCOCCCC(F)(F)F. The van der Waals surface area contributed by atoms with E-state index in [2.05, 4.69) is 11.4 Å². The summed E-state index contributed by atoms with van der Waals surface area (Å²) in [6, 6.07) is 2.94. The molecule has 2 unspecified atom stereocenters.